The lowest BCUT2D eigenvalue weighted by Crippen LogP contribution is -2.42. The number of methoxy groups -OCH3 is 1. The Morgan fingerprint density at radius 2 is 2.29 bits per heavy atom. The van der Waals surface area contributed by atoms with Crippen molar-refractivity contribution in [2.45, 2.75) is 19.4 Å². The monoisotopic (exact) mass is 290 g/mol. The van der Waals surface area contributed by atoms with E-state index in [1.54, 1.807) is 7.11 Å². The maximum absolute atomic E-state index is 12.0. The highest BCUT2D eigenvalue weighted by atomic mass is 16.5. The Balaban J connectivity index is 1.80. The van der Waals surface area contributed by atoms with E-state index in [2.05, 4.69) is 5.32 Å². The fourth-order valence-electron chi connectivity index (χ4n) is 2.65. The minimum absolute atomic E-state index is 0.0209. The number of para-hydroxylation sites is 1. The van der Waals surface area contributed by atoms with Gasteiger partial charge in [0.15, 0.2) is 0 Å². The second-order valence-corrected chi connectivity index (χ2v) is 5.36. The van der Waals surface area contributed by atoms with Gasteiger partial charge in [0.25, 0.3) is 0 Å². The zero-order valence-corrected chi connectivity index (χ0v) is 12.4. The van der Waals surface area contributed by atoms with Gasteiger partial charge in [0.1, 0.15) is 12.0 Å². The summed E-state index contributed by atoms with van der Waals surface area (Å²) in [7, 11) is 1.62. The number of carbonyl (C=O) groups is 2. The smallest absolute Gasteiger partial charge is 0.234 e. The second kappa shape index (κ2) is 7.78. The average Bonchev–Trinajstić information content (AvgIpc) is 2.53. The molecule has 1 amide bonds. The number of nitrogens with zero attached hydrogens (tertiary/aromatic N) is 1. The molecule has 0 bridgehead atoms. The summed E-state index contributed by atoms with van der Waals surface area (Å²) < 4.78 is 5.26. The molecule has 0 spiro atoms. The van der Waals surface area contributed by atoms with E-state index >= 15 is 0 Å². The van der Waals surface area contributed by atoms with Gasteiger partial charge in [-0.3, -0.25) is 9.69 Å². The number of likely N-dealkylation sites (tertiary alicyclic amines) is 1. The number of benzene rings is 1. The van der Waals surface area contributed by atoms with Crippen LogP contribution in [0.3, 0.4) is 0 Å². The van der Waals surface area contributed by atoms with Crippen LogP contribution in [0.4, 0.5) is 0 Å². The molecular formula is C16H22N2O3. The first-order chi connectivity index (χ1) is 10.2. The lowest BCUT2D eigenvalue weighted by molar-refractivity contribution is -0.123. The van der Waals surface area contributed by atoms with Crippen molar-refractivity contribution in [3.63, 3.8) is 0 Å². The van der Waals surface area contributed by atoms with E-state index in [9.17, 15) is 9.59 Å². The molecule has 1 N–H and O–H groups in total. The minimum atomic E-state index is -0.0209. The third-order valence-electron chi connectivity index (χ3n) is 3.77. The van der Waals surface area contributed by atoms with Crippen LogP contribution in [0, 0.1) is 5.92 Å². The quantitative estimate of drug-likeness (QED) is 0.800. The van der Waals surface area contributed by atoms with E-state index in [-0.39, 0.29) is 11.8 Å². The standard InChI is InChI=1S/C16H22N2O3/c1-21-15-7-3-2-6-14(15)9-17-16(20)11-18-8-4-5-13(10-18)12-19/h2-3,6-7,12-13H,4-5,8-11H2,1H3,(H,17,20). The van der Waals surface area contributed by atoms with Crippen molar-refractivity contribution in [1.29, 1.82) is 0 Å². The number of carbonyl (C=O) groups excluding carboxylic acids is 2. The topological polar surface area (TPSA) is 58.6 Å². The van der Waals surface area contributed by atoms with Crippen molar-refractivity contribution >= 4 is 12.2 Å². The summed E-state index contributed by atoms with van der Waals surface area (Å²) in [6, 6.07) is 7.63. The highest BCUT2D eigenvalue weighted by molar-refractivity contribution is 5.78. The first-order valence-electron chi connectivity index (χ1n) is 7.29. The lowest BCUT2D eigenvalue weighted by atomic mass is 10.00. The largest absolute Gasteiger partial charge is 0.496 e. The Bertz CT molecular complexity index is 490. The number of amides is 1. The predicted molar refractivity (Wildman–Crippen MR) is 80.1 cm³/mol. The summed E-state index contributed by atoms with van der Waals surface area (Å²) in [4.78, 5) is 24.9. The van der Waals surface area contributed by atoms with Crippen LogP contribution in [0.2, 0.25) is 0 Å². The van der Waals surface area contributed by atoms with Gasteiger partial charge in [-0.25, -0.2) is 0 Å². The number of ether oxygens (including phenoxy) is 1. The Kier molecular flexibility index (Phi) is 5.75. The Hall–Kier alpha value is -1.88. The molecule has 2 rings (SSSR count). The van der Waals surface area contributed by atoms with E-state index in [1.807, 2.05) is 29.2 Å². The van der Waals surface area contributed by atoms with Crippen molar-refractivity contribution in [2.75, 3.05) is 26.7 Å². The third kappa shape index (κ3) is 4.56. The molecule has 0 radical (unpaired) electrons. The SMILES string of the molecule is COc1ccccc1CNC(=O)CN1CCCC(C=O)C1. The molecule has 0 saturated carbocycles. The van der Waals surface area contributed by atoms with Gasteiger partial charge in [0, 0.05) is 24.6 Å². The number of hydrogen-bond acceptors (Lipinski definition) is 4. The summed E-state index contributed by atoms with van der Waals surface area (Å²) >= 11 is 0. The predicted octanol–water partition coefficient (Wildman–Crippen LogP) is 1.22. The van der Waals surface area contributed by atoms with Crippen molar-refractivity contribution < 1.29 is 14.3 Å². The average molecular weight is 290 g/mol. The van der Waals surface area contributed by atoms with Gasteiger partial charge in [-0.05, 0) is 25.5 Å². The summed E-state index contributed by atoms with van der Waals surface area (Å²) in [5, 5.41) is 2.90. The van der Waals surface area contributed by atoms with Gasteiger partial charge >= 0.3 is 0 Å². The van der Waals surface area contributed by atoms with Crippen LogP contribution in [-0.2, 0) is 16.1 Å². The summed E-state index contributed by atoms with van der Waals surface area (Å²) in [6.45, 7) is 2.37. The fraction of sp³-hybridized carbons (Fsp3) is 0.500. The highest BCUT2D eigenvalue weighted by Gasteiger charge is 2.20. The minimum Gasteiger partial charge on any atom is -0.496 e. The molecule has 5 nitrogen and oxygen atoms in total. The van der Waals surface area contributed by atoms with Crippen LogP contribution in [0.1, 0.15) is 18.4 Å². The number of nitrogens with one attached hydrogen (secondary N) is 1. The summed E-state index contributed by atoms with van der Waals surface area (Å²) in [5.74, 6) is 0.824. The second-order valence-electron chi connectivity index (χ2n) is 5.36. The van der Waals surface area contributed by atoms with E-state index in [0.717, 1.165) is 37.0 Å². The molecule has 1 aliphatic heterocycles. The lowest BCUT2D eigenvalue weighted by Gasteiger charge is -2.29. The molecule has 1 aliphatic rings. The highest BCUT2D eigenvalue weighted by Crippen LogP contribution is 2.17. The molecule has 1 aromatic rings. The Labute approximate surface area is 125 Å². The fourth-order valence-corrected chi connectivity index (χ4v) is 2.65. The normalized spacial score (nSPS) is 19.0. The van der Waals surface area contributed by atoms with Crippen LogP contribution in [0.15, 0.2) is 24.3 Å². The van der Waals surface area contributed by atoms with Gasteiger partial charge in [0.05, 0.1) is 13.7 Å². The van der Waals surface area contributed by atoms with Crippen molar-refractivity contribution in [2.24, 2.45) is 5.92 Å². The van der Waals surface area contributed by atoms with E-state index in [1.165, 1.54) is 0 Å². The van der Waals surface area contributed by atoms with Crippen LogP contribution in [-0.4, -0.2) is 43.8 Å². The van der Waals surface area contributed by atoms with Gasteiger partial charge < -0.3 is 14.8 Å². The molecule has 114 valence electrons. The zero-order valence-electron chi connectivity index (χ0n) is 12.4. The van der Waals surface area contributed by atoms with Crippen LogP contribution in [0.25, 0.3) is 0 Å². The maximum atomic E-state index is 12.0. The summed E-state index contributed by atoms with van der Waals surface area (Å²) in [6.07, 6.45) is 2.91. The Morgan fingerprint density at radius 3 is 3.05 bits per heavy atom. The van der Waals surface area contributed by atoms with Gasteiger partial charge in [0.2, 0.25) is 5.91 Å². The van der Waals surface area contributed by atoms with E-state index < -0.39 is 0 Å². The number of piperidine rings is 1. The van der Waals surface area contributed by atoms with Crippen LogP contribution < -0.4 is 10.1 Å². The first kappa shape index (κ1) is 15.5. The number of rotatable bonds is 6. The number of hydrogen-bond donors (Lipinski definition) is 1. The molecule has 1 fully saturated rings. The van der Waals surface area contributed by atoms with Crippen LogP contribution in [0.5, 0.6) is 5.75 Å². The molecule has 0 aromatic heterocycles. The zero-order chi connectivity index (χ0) is 15.1. The molecule has 5 heteroatoms. The van der Waals surface area contributed by atoms with Crippen LogP contribution >= 0.6 is 0 Å². The van der Waals surface area contributed by atoms with Gasteiger partial charge in [-0.15, -0.1) is 0 Å². The Morgan fingerprint density at radius 1 is 1.48 bits per heavy atom. The molecule has 1 unspecified atom stereocenters. The molecule has 1 saturated heterocycles. The number of aldehydes is 1. The maximum Gasteiger partial charge on any atom is 0.234 e. The molecular weight excluding hydrogens is 268 g/mol. The van der Waals surface area contributed by atoms with E-state index in [0.29, 0.717) is 19.6 Å². The van der Waals surface area contributed by atoms with Gasteiger partial charge in [-0.2, -0.15) is 0 Å². The van der Waals surface area contributed by atoms with Crippen molar-refractivity contribution in [1.82, 2.24) is 10.2 Å². The molecule has 1 atom stereocenters. The molecule has 21 heavy (non-hydrogen) atoms. The molecule has 1 heterocycles. The molecule has 1 aromatic carbocycles. The van der Waals surface area contributed by atoms with Crippen molar-refractivity contribution in [3.8, 4) is 5.75 Å². The summed E-state index contributed by atoms with van der Waals surface area (Å²) in [5.41, 5.74) is 0.956. The molecule has 0 aliphatic carbocycles. The first-order valence-corrected chi connectivity index (χ1v) is 7.29. The van der Waals surface area contributed by atoms with Gasteiger partial charge in [-0.1, -0.05) is 18.2 Å². The van der Waals surface area contributed by atoms with E-state index in [4.69, 9.17) is 4.74 Å². The van der Waals surface area contributed by atoms with Crippen molar-refractivity contribution in [3.05, 3.63) is 29.8 Å². The third-order valence-corrected chi connectivity index (χ3v) is 3.77.